The summed E-state index contributed by atoms with van der Waals surface area (Å²) in [5, 5.41) is 0.915. The van der Waals surface area contributed by atoms with Gasteiger partial charge in [-0.1, -0.05) is 44.0 Å². The van der Waals surface area contributed by atoms with E-state index in [1.165, 1.54) is 31.2 Å². The molecule has 2 heterocycles. The van der Waals surface area contributed by atoms with Crippen molar-refractivity contribution in [1.82, 2.24) is 9.55 Å². The number of rotatable bonds is 4. The van der Waals surface area contributed by atoms with Crippen LogP contribution in [0, 0.1) is 0 Å². The zero-order chi connectivity index (χ0) is 22.6. The molecular weight excluding hydrogens is 556 g/mol. The minimum atomic E-state index is -4.91. The molecule has 1 atom stereocenters. The van der Waals surface area contributed by atoms with Crippen molar-refractivity contribution in [1.29, 1.82) is 0 Å². The van der Waals surface area contributed by atoms with Crippen LogP contribution in [0.25, 0.3) is 21.8 Å². The summed E-state index contributed by atoms with van der Waals surface area (Å²) in [5.41, 5.74) is 1.25. The maximum atomic E-state index is 12.9. The SMILES string of the molecule is COC(=O)n1cc([C@](OC)(c2c[nH]c3cc(Br)ccc23)S(=O)(=O)O)c2ccc(Br)cc21. The first-order valence-electron chi connectivity index (χ1n) is 8.82. The molecule has 0 amide bonds. The lowest BCUT2D eigenvalue weighted by Gasteiger charge is -2.29. The number of fused-ring (bicyclic) bond motifs is 2. The van der Waals surface area contributed by atoms with Gasteiger partial charge in [0.1, 0.15) is 0 Å². The van der Waals surface area contributed by atoms with Gasteiger partial charge in [0, 0.05) is 55.9 Å². The fraction of sp³-hybridized carbons (Fsp3) is 0.150. The van der Waals surface area contributed by atoms with Gasteiger partial charge in [-0.05, 0) is 24.3 Å². The van der Waals surface area contributed by atoms with E-state index in [-0.39, 0.29) is 11.1 Å². The summed E-state index contributed by atoms with van der Waals surface area (Å²) in [6.45, 7) is 0. The monoisotopic (exact) mass is 570 g/mol. The third-order valence-electron chi connectivity index (χ3n) is 5.14. The van der Waals surface area contributed by atoms with Gasteiger partial charge in [-0.15, -0.1) is 0 Å². The molecule has 0 saturated carbocycles. The van der Waals surface area contributed by atoms with Crippen molar-refractivity contribution >= 4 is 69.9 Å². The van der Waals surface area contributed by atoms with Crippen molar-refractivity contribution in [2.75, 3.05) is 14.2 Å². The van der Waals surface area contributed by atoms with E-state index in [1.807, 2.05) is 0 Å². The number of carbonyl (C=O) groups excluding carboxylic acids is 1. The Labute approximate surface area is 194 Å². The van der Waals surface area contributed by atoms with Crippen LogP contribution in [-0.2, 0) is 24.5 Å². The number of H-pyrrole nitrogens is 1. The number of aromatic amines is 1. The molecule has 31 heavy (non-hydrogen) atoms. The van der Waals surface area contributed by atoms with E-state index in [9.17, 15) is 17.8 Å². The minimum Gasteiger partial charge on any atom is -0.452 e. The van der Waals surface area contributed by atoms with Crippen molar-refractivity contribution in [3.8, 4) is 0 Å². The van der Waals surface area contributed by atoms with Gasteiger partial charge in [0.25, 0.3) is 0 Å². The Kier molecular flexibility index (Phi) is 5.51. The van der Waals surface area contributed by atoms with Gasteiger partial charge < -0.3 is 14.5 Å². The number of nitrogens with zero attached hydrogens (tertiary/aromatic N) is 1. The van der Waals surface area contributed by atoms with Crippen LogP contribution in [0.3, 0.4) is 0 Å². The lowest BCUT2D eigenvalue weighted by atomic mass is 9.99. The van der Waals surface area contributed by atoms with E-state index in [1.54, 1.807) is 36.4 Å². The van der Waals surface area contributed by atoms with Crippen molar-refractivity contribution in [3.63, 3.8) is 0 Å². The standard InChI is InChI=1S/C20H16Br2N2O6S/c1-29-19(25)24-10-16(14-6-4-12(22)8-18(14)24)20(30-2,31(26,27)28)15-9-23-17-7-11(21)3-5-13(15)17/h3-10,23H,1-2H3,(H,26,27,28)/t20-/m0/s1. The smallest absolute Gasteiger partial charge is 0.418 e. The van der Waals surface area contributed by atoms with Gasteiger partial charge >= 0.3 is 16.2 Å². The topological polar surface area (TPSA) is 111 Å². The van der Waals surface area contributed by atoms with Crippen LogP contribution in [0.15, 0.2) is 57.7 Å². The predicted octanol–water partition coefficient (Wildman–Crippen LogP) is 5.00. The van der Waals surface area contributed by atoms with E-state index in [0.29, 0.717) is 26.3 Å². The highest BCUT2D eigenvalue weighted by Gasteiger charge is 2.51. The second-order valence-electron chi connectivity index (χ2n) is 6.73. The van der Waals surface area contributed by atoms with Crippen LogP contribution >= 0.6 is 31.9 Å². The number of hydrogen-bond donors (Lipinski definition) is 2. The molecule has 0 aliphatic rings. The second kappa shape index (κ2) is 7.75. The molecule has 0 spiro atoms. The zero-order valence-corrected chi connectivity index (χ0v) is 20.2. The summed E-state index contributed by atoms with van der Waals surface area (Å²) in [5.74, 6) is 0. The number of nitrogens with one attached hydrogen (secondary N) is 1. The van der Waals surface area contributed by atoms with Crippen LogP contribution in [0.5, 0.6) is 0 Å². The van der Waals surface area contributed by atoms with E-state index in [0.717, 1.165) is 4.47 Å². The average molecular weight is 572 g/mol. The first kappa shape index (κ1) is 22.0. The van der Waals surface area contributed by atoms with Gasteiger partial charge in [0.05, 0.1) is 12.6 Å². The Morgan fingerprint density at radius 3 is 2.32 bits per heavy atom. The van der Waals surface area contributed by atoms with Gasteiger partial charge in [-0.25, -0.2) is 4.79 Å². The van der Waals surface area contributed by atoms with Gasteiger partial charge in [0.15, 0.2) is 0 Å². The second-order valence-corrected chi connectivity index (χ2v) is 10.1. The van der Waals surface area contributed by atoms with Crippen LogP contribution in [0.4, 0.5) is 4.79 Å². The molecular formula is C20H16Br2N2O6S. The summed E-state index contributed by atoms with van der Waals surface area (Å²) >= 11 is 6.74. The largest absolute Gasteiger partial charge is 0.452 e. The number of aromatic nitrogens is 2. The molecule has 2 aromatic carbocycles. The minimum absolute atomic E-state index is 0.0641. The molecule has 4 rings (SSSR count). The summed E-state index contributed by atoms with van der Waals surface area (Å²) in [4.78, 5) is 13.1. The normalized spacial score (nSPS) is 14.1. The van der Waals surface area contributed by atoms with Crippen molar-refractivity contribution in [3.05, 3.63) is 68.9 Å². The molecule has 0 radical (unpaired) electrons. The van der Waals surface area contributed by atoms with Gasteiger partial charge in [-0.3, -0.25) is 9.12 Å². The summed E-state index contributed by atoms with van der Waals surface area (Å²) in [6, 6.07) is 10.2. The summed E-state index contributed by atoms with van der Waals surface area (Å²) < 4.78 is 49.4. The molecule has 11 heteroatoms. The van der Waals surface area contributed by atoms with E-state index in [2.05, 4.69) is 36.8 Å². The third kappa shape index (κ3) is 3.31. The van der Waals surface area contributed by atoms with Gasteiger partial charge in [-0.2, -0.15) is 8.42 Å². The van der Waals surface area contributed by atoms with Crippen molar-refractivity contribution < 1.29 is 27.2 Å². The zero-order valence-electron chi connectivity index (χ0n) is 16.2. The Morgan fingerprint density at radius 1 is 1.06 bits per heavy atom. The molecule has 0 bridgehead atoms. The molecule has 2 N–H and O–H groups in total. The first-order valence-corrected chi connectivity index (χ1v) is 11.9. The van der Waals surface area contributed by atoms with Crippen LogP contribution in [-0.4, -0.2) is 42.8 Å². The summed E-state index contributed by atoms with van der Waals surface area (Å²) in [7, 11) is -2.50. The predicted molar refractivity (Wildman–Crippen MR) is 123 cm³/mol. The van der Waals surface area contributed by atoms with Crippen molar-refractivity contribution in [2.45, 2.75) is 4.93 Å². The fourth-order valence-corrected chi connectivity index (χ4v) is 5.64. The fourth-order valence-electron chi connectivity index (χ4n) is 3.83. The third-order valence-corrected chi connectivity index (χ3v) is 7.46. The average Bonchev–Trinajstić information content (AvgIpc) is 3.29. The quantitative estimate of drug-likeness (QED) is 0.334. The molecule has 162 valence electrons. The Bertz CT molecular complexity index is 1440. The number of benzene rings is 2. The Balaban J connectivity index is 2.17. The molecule has 0 aliphatic carbocycles. The Hall–Kier alpha value is -2.18. The maximum absolute atomic E-state index is 12.9. The van der Waals surface area contributed by atoms with Crippen LogP contribution in [0.1, 0.15) is 11.1 Å². The van der Waals surface area contributed by atoms with E-state index < -0.39 is 21.1 Å². The highest BCUT2D eigenvalue weighted by molar-refractivity contribution is 9.10. The number of carbonyl (C=O) groups is 1. The molecule has 0 unspecified atom stereocenters. The number of methoxy groups -OCH3 is 2. The molecule has 8 nitrogen and oxygen atoms in total. The van der Waals surface area contributed by atoms with E-state index >= 15 is 0 Å². The van der Waals surface area contributed by atoms with Gasteiger partial charge in [0.2, 0.25) is 4.93 Å². The lowest BCUT2D eigenvalue weighted by Crippen LogP contribution is -2.38. The lowest BCUT2D eigenvalue weighted by molar-refractivity contribution is 0.0874. The van der Waals surface area contributed by atoms with Crippen LogP contribution < -0.4 is 0 Å². The van der Waals surface area contributed by atoms with Crippen LogP contribution in [0.2, 0.25) is 0 Å². The first-order chi connectivity index (χ1) is 14.6. The highest BCUT2D eigenvalue weighted by Crippen LogP contribution is 2.45. The van der Waals surface area contributed by atoms with Crippen molar-refractivity contribution in [2.24, 2.45) is 0 Å². The molecule has 0 aliphatic heterocycles. The Morgan fingerprint density at radius 2 is 1.71 bits per heavy atom. The molecule has 0 fully saturated rings. The molecule has 4 aromatic rings. The maximum Gasteiger partial charge on any atom is 0.418 e. The molecule has 0 saturated heterocycles. The highest BCUT2D eigenvalue weighted by atomic mass is 79.9. The molecule has 2 aromatic heterocycles. The number of halogens is 2. The van der Waals surface area contributed by atoms with E-state index in [4.69, 9.17) is 9.47 Å². The summed E-state index contributed by atoms with van der Waals surface area (Å²) in [6.07, 6.45) is 2.05. The number of hydrogen-bond acceptors (Lipinski definition) is 5. The number of ether oxygens (including phenoxy) is 2.